The number of carbonyl (C=O) groups excluding carboxylic acids is 1. The normalized spacial score (nSPS) is 17.1. The number of ether oxygens (including phenoxy) is 1. The first-order valence-corrected chi connectivity index (χ1v) is 10.0. The van der Waals surface area contributed by atoms with Gasteiger partial charge in [-0.2, -0.15) is 0 Å². The fraction of sp³-hybridized carbons (Fsp3) is 0.292. The minimum absolute atomic E-state index is 0.0265. The van der Waals surface area contributed by atoms with Crippen molar-refractivity contribution in [3.63, 3.8) is 0 Å². The van der Waals surface area contributed by atoms with Gasteiger partial charge in [-0.1, -0.05) is 54.6 Å². The highest BCUT2D eigenvalue weighted by Gasteiger charge is 2.26. The summed E-state index contributed by atoms with van der Waals surface area (Å²) in [5.74, 6) is -0.295. The van der Waals surface area contributed by atoms with Crippen molar-refractivity contribution in [2.24, 2.45) is 0 Å². The Bertz CT molecular complexity index is 969. The van der Waals surface area contributed by atoms with Crippen LogP contribution in [0.5, 0.6) is 0 Å². The van der Waals surface area contributed by atoms with Gasteiger partial charge in [0.2, 0.25) is 5.91 Å². The fourth-order valence-electron chi connectivity index (χ4n) is 3.76. The van der Waals surface area contributed by atoms with Crippen LogP contribution in [-0.2, 0) is 22.5 Å². The zero-order chi connectivity index (χ0) is 20.1. The number of amides is 1. The van der Waals surface area contributed by atoms with E-state index in [0.29, 0.717) is 19.6 Å². The number of hydrogen-bond acceptors (Lipinski definition) is 3. The molecular weight excluding hydrogens is 367 g/mol. The summed E-state index contributed by atoms with van der Waals surface area (Å²) >= 11 is 0. The number of rotatable bonds is 7. The van der Waals surface area contributed by atoms with E-state index in [4.69, 9.17) is 4.74 Å². The van der Waals surface area contributed by atoms with E-state index in [9.17, 15) is 9.18 Å². The molecular formula is C24H25FN2O2. The summed E-state index contributed by atoms with van der Waals surface area (Å²) in [6, 6.07) is 21.1. The molecule has 1 atom stereocenters. The Morgan fingerprint density at radius 1 is 1.03 bits per heavy atom. The van der Waals surface area contributed by atoms with Crippen molar-refractivity contribution in [3.05, 3.63) is 83.7 Å². The van der Waals surface area contributed by atoms with Gasteiger partial charge in [-0.05, 0) is 47.0 Å². The lowest BCUT2D eigenvalue weighted by atomic mass is 10.0. The zero-order valence-corrected chi connectivity index (χ0v) is 16.3. The Balaban J connectivity index is 1.27. The van der Waals surface area contributed by atoms with E-state index < -0.39 is 0 Å². The SMILES string of the molecule is O=C1COC(CNCCc2cccc3ccccc23)CN1Cc1ccc(F)cc1. The van der Waals surface area contributed by atoms with E-state index in [1.165, 1.54) is 28.5 Å². The largest absolute Gasteiger partial charge is 0.365 e. The van der Waals surface area contributed by atoms with Crippen LogP contribution in [0.1, 0.15) is 11.1 Å². The van der Waals surface area contributed by atoms with Crippen molar-refractivity contribution < 1.29 is 13.9 Å². The van der Waals surface area contributed by atoms with E-state index in [1.54, 1.807) is 17.0 Å². The minimum Gasteiger partial charge on any atom is -0.365 e. The predicted octanol–water partition coefficient (Wildman–Crippen LogP) is 3.54. The number of carbonyl (C=O) groups is 1. The molecule has 3 aromatic carbocycles. The van der Waals surface area contributed by atoms with E-state index in [-0.39, 0.29) is 24.4 Å². The number of hydrogen-bond donors (Lipinski definition) is 1. The summed E-state index contributed by atoms with van der Waals surface area (Å²) in [6.45, 7) is 2.65. The topological polar surface area (TPSA) is 41.6 Å². The van der Waals surface area contributed by atoms with Gasteiger partial charge in [0, 0.05) is 19.6 Å². The highest BCUT2D eigenvalue weighted by Crippen LogP contribution is 2.18. The van der Waals surface area contributed by atoms with E-state index >= 15 is 0 Å². The lowest BCUT2D eigenvalue weighted by Crippen LogP contribution is -2.49. The Labute approximate surface area is 170 Å². The molecule has 1 N–H and O–H groups in total. The van der Waals surface area contributed by atoms with Crippen LogP contribution >= 0.6 is 0 Å². The van der Waals surface area contributed by atoms with Crippen LogP contribution < -0.4 is 5.32 Å². The van der Waals surface area contributed by atoms with Gasteiger partial charge in [0.1, 0.15) is 12.4 Å². The smallest absolute Gasteiger partial charge is 0.248 e. The molecule has 0 aliphatic carbocycles. The average Bonchev–Trinajstić information content (AvgIpc) is 2.75. The number of benzene rings is 3. The number of fused-ring (bicyclic) bond motifs is 1. The van der Waals surface area contributed by atoms with Crippen LogP contribution in [0.15, 0.2) is 66.7 Å². The molecule has 0 aromatic heterocycles. The third-order valence-electron chi connectivity index (χ3n) is 5.33. The first-order valence-electron chi connectivity index (χ1n) is 10.0. The van der Waals surface area contributed by atoms with E-state index in [1.807, 2.05) is 0 Å². The van der Waals surface area contributed by atoms with Crippen molar-refractivity contribution in [2.45, 2.75) is 19.1 Å². The van der Waals surface area contributed by atoms with Crippen LogP contribution in [0.4, 0.5) is 4.39 Å². The summed E-state index contributed by atoms with van der Waals surface area (Å²) in [5, 5.41) is 6.02. The molecule has 4 rings (SSSR count). The van der Waals surface area contributed by atoms with Gasteiger partial charge in [0.05, 0.1) is 6.10 Å². The van der Waals surface area contributed by atoms with E-state index in [2.05, 4.69) is 47.8 Å². The highest BCUT2D eigenvalue weighted by molar-refractivity contribution is 5.85. The molecule has 150 valence electrons. The van der Waals surface area contributed by atoms with Gasteiger partial charge in [-0.15, -0.1) is 0 Å². The standard InChI is InChI=1S/C24H25FN2O2/c25-21-10-8-18(9-11-21)15-27-16-22(29-17-24(27)28)14-26-13-12-20-6-3-5-19-4-1-2-7-23(19)20/h1-11,22,26H,12-17H2. The molecule has 1 fully saturated rings. The van der Waals surface area contributed by atoms with Crippen molar-refractivity contribution >= 4 is 16.7 Å². The highest BCUT2D eigenvalue weighted by atomic mass is 19.1. The zero-order valence-electron chi connectivity index (χ0n) is 16.3. The second-order valence-electron chi connectivity index (χ2n) is 7.43. The fourth-order valence-corrected chi connectivity index (χ4v) is 3.76. The van der Waals surface area contributed by atoms with Gasteiger partial charge in [-0.3, -0.25) is 4.79 Å². The Kier molecular flexibility index (Phi) is 6.17. The Hall–Kier alpha value is -2.76. The van der Waals surface area contributed by atoms with Gasteiger partial charge >= 0.3 is 0 Å². The monoisotopic (exact) mass is 392 g/mol. The second kappa shape index (κ2) is 9.16. The molecule has 1 saturated heterocycles. The van der Waals surface area contributed by atoms with Gasteiger partial charge in [0.15, 0.2) is 0 Å². The number of nitrogens with zero attached hydrogens (tertiary/aromatic N) is 1. The van der Waals surface area contributed by atoms with Crippen molar-refractivity contribution in [2.75, 3.05) is 26.2 Å². The maximum Gasteiger partial charge on any atom is 0.248 e. The second-order valence-corrected chi connectivity index (χ2v) is 7.43. The third kappa shape index (κ3) is 5.00. The molecule has 1 aliphatic rings. The molecule has 1 aliphatic heterocycles. The lowest BCUT2D eigenvalue weighted by molar-refractivity contribution is -0.149. The number of morpholine rings is 1. The Morgan fingerprint density at radius 3 is 2.69 bits per heavy atom. The van der Waals surface area contributed by atoms with Crippen molar-refractivity contribution in [1.82, 2.24) is 10.2 Å². The molecule has 0 radical (unpaired) electrons. The molecule has 4 nitrogen and oxygen atoms in total. The molecule has 29 heavy (non-hydrogen) atoms. The summed E-state index contributed by atoms with van der Waals surface area (Å²) in [5.41, 5.74) is 2.25. The molecule has 1 unspecified atom stereocenters. The Morgan fingerprint density at radius 2 is 1.83 bits per heavy atom. The first kappa shape index (κ1) is 19.6. The van der Waals surface area contributed by atoms with Crippen LogP contribution in [0.3, 0.4) is 0 Å². The van der Waals surface area contributed by atoms with Crippen LogP contribution in [0.2, 0.25) is 0 Å². The number of halogens is 1. The lowest BCUT2D eigenvalue weighted by Gasteiger charge is -2.33. The summed E-state index contributed by atoms with van der Waals surface area (Å²) in [6.07, 6.45) is 0.896. The molecule has 0 bridgehead atoms. The van der Waals surface area contributed by atoms with E-state index in [0.717, 1.165) is 18.5 Å². The molecule has 1 heterocycles. The predicted molar refractivity (Wildman–Crippen MR) is 112 cm³/mol. The van der Waals surface area contributed by atoms with Crippen LogP contribution in [0.25, 0.3) is 10.8 Å². The average molecular weight is 392 g/mol. The van der Waals surface area contributed by atoms with Gasteiger partial charge < -0.3 is 15.0 Å². The summed E-state index contributed by atoms with van der Waals surface area (Å²) in [7, 11) is 0. The molecule has 0 saturated carbocycles. The quantitative estimate of drug-likeness (QED) is 0.626. The van der Waals surface area contributed by atoms with Gasteiger partial charge in [-0.25, -0.2) is 4.39 Å². The maximum atomic E-state index is 13.1. The van der Waals surface area contributed by atoms with Gasteiger partial charge in [0.25, 0.3) is 0 Å². The first-order chi connectivity index (χ1) is 14.2. The molecule has 5 heteroatoms. The molecule has 3 aromatic rings. The van der Waals surface area contributed by atoms with Crippen molar-refractivity contribution in [3.8, 4) is 0 Å². The van der Waals surface area contributed by atoms with Crippen LogP contribution in [-0.4, -0.2) is 43.2 Å². The summed E-state index contributed by atoms with van der Waals surface area (Å²) < 4.78 is 18.8. The third-order valence-corrected chi connectivity index (χ3v) is 5.33. The molecule has 1 amide bonds. The summed E-state index contributed by atoms with van der Waals surface area (Å²) in [4.78, 5) is 13.9. The molecule has 0 spiro atoms. The minimum atomic E-state index is -0.268. The maximum absolute atomic E-state index is 13.1. The van der Waals surface area contributed by atoms with Crippen molar-refractivity contribution in [1.29, 1.82) is 0 Å². The number of nitrogens with one attached hydrogen (secondary N) is 1. The van der Waals surface area contributed by atoms with Crippen LogP contribution in [0, 0.1) is 5.82 Å².